The van der Waals surface area contributed by atoms with E-state index in [0.29, 0.717) is 0 Å². The predicted octanol–water partition coefficient (Wildman–Crippen LogP) is 25.6. The van der Waals surface area contributed by atoms with Crippen LogP contribution in [0.5, 0.6) is 0 Å². The molecule has 3 aliphatic rings. The normalized spacial score (nSPS) is 14.4. The lowest BCUT2D eigenvalue weighted by atomic mass is 9.78. The highest BCUT2D eigenvalue weighted by Gasteiger charge is 2.46. The van der Waals surface area contributed by atoms with E-state index in [0.717, 1.165) is 111 Å². The average Bonchev–Trinajstić information content (AvgIpc) is 1.54. The van der Waals surface area contributed by atoms with Crippen molar-refractivity contribution in [2.24, 2.45) is 0 Å². The summed E-state index contributed by atoms with van der Waals surface area (Å²) in [6.45, 7) is 19.0. The maximum absolute atomic E-state index is 7.09. The van der Waals surface area contributed by atoms with Crippen molar-refractivity contribution >= 4 is 99.5 Å². The average molecular weight is 1220 g/mol. The van der Waals surface area contributed by atoms with Gasteiger partial charge in [-0.25, -0.2) is 0 Å². The number of anilines is 6. The fraction of sp³-hybridized carbons (Fsp3) is 0.121. The second-order valence-electron chi connectivity index (χ2n) is 28.3. The van der Waals surface area contributed by atoms with Crippen molar-refractivity contribution in [3.8, 4) is 55.6 Å². The van der Waals surface area contributed by atoms with Crippen LogP contribution in [0.25, 0.3) is 121 Å². The first kappa shape index (κ1) is 55.4. The monoisotopic (exact) mass is 1220 g/mol. The topological polar surface area (TPSA) is 32.8 Å². The lowest BCUT2D eigenvalue weighted by Gasteiger charge is -2.31. The first-order chi connectivity index (χ1) is 46.3. The molecule has 0 saturated heterocycles. The Labute approximate surface area is 553 Å². The van der Waals surface area contributed by atoms with Crippen molar-refractivity contribution in [2.75, 3.05) is 9.80 Å². The van der Waals surface area contributed by atoms with Gasteiger partial charge in [-0.3, -0.25) is 0 Å². The van der Waals surface area contributed by atoms with E-state index in [-0.39, 0.29) is 16.2 Å². The summed E-state index contributed by atoms with van der Waals surface area (Å²) in [6, 6.07) is 99.4. The van der Waals surface area contributed by atoms with Gasteiger partial charge in [-0.05, 0) is 174 Å². The van der Waals surface area contributed by atoms with E-state index in [4.69, 9.17) is 8.83 Å². The Balaban J connectivity index is 0.790. The van der Waals surface area contributed by atoms with Crippen molar-refractivity contribution in [3.63, 3.8) is 0 Å². The van der Waals surface area contributed by atoms with Gasteiger partial charge >= 0.3 is 0 Å². The van der Waals surface area contributed by atoms with Crippen LogP contribution < -0.4 is 9.80 Å². The zero-order valence-electron chi connectivity index (χ0n) is 54.6. The van der Waals surface area contributed by atoms with Crippen LogP contribution in [-0.2, 0) is 16.2 Å². The van der Waals surface area contributed by atoms with E-state index in [2.05, 4.69) is 332 Å². The zero-order chi connectivity index (χ0) is 64.0. The fourth-order valence-corrected chi connectivity index (χ4v) is 17.3. The Morgan fingerprint density at radius 1 is 0.232 bits per heavy atom. The third kappa shape index (κ3) is 7.71. The Morgan fingerprint density at radius 2 is 0.537 bits per heavy atom. The van der Waals surface area contributed by atoms with Gasteiger partial charge in [0.15, 0.2) is 11.2 Å². The molecule has 0 fully saturated rings. The lowest BCUT2D eigenvalue weighted by Crippen LogP contribution is -2.18. The smallest absolute Gasteiger partial charge is 0.159 e. The van der Waals surface area contributed by atoms with Gasteiger partial charge in [0.05, 0.1) is 34.1 Å². The molecule has 0 amide bonds. The number of furan rings is 2. The van der Waals surface area contributed by atoms with Crippen LogP contribution in [0.4, 0.5) is 34.1 Å². The molecule has 0 radical (unpaired) electrons. The molecule has 4 nitrogen and oxygen atoms in total. The van der Waals surface area contributed by atoms with Gasteiger partial charge in [-0.1, -0.05) is 248 Å². The number of benzene rings is 14. The molecule has 16 aromatic rings. The summed E-state index contributed by atoms with van der Waals surface area (Å²) >= 11 is 0. The predicted molar refractivity (Wildman–Crippen MR) is 398 cm³/mol. The third-order valence-electron chi connectivity index (χ3n) is 22.1. The second-order valence-corrected chi connectivity index (χ2v) is 28.3. The molecule has 95 heavy (non-hydrogen) atoms. The molecule has 19 rings (SSSR count). The van der Waals surface area contributed by atoms with Crippen molar-refractivity contribution in [1.29, 1.82) is 0 Å². The van der Waals surface area contributed by atoms with Gasteiger partial charge in [0.25, 0.3) is 0 Å². The first-order valence-corrected chi connectivity index (χ1v) is 33.5. The minimum Gasteiger partial charge on any atom is -0.454 e. The Morgan fingerprint density at radius 3 is 0.958 bits per heavy atom. The molecule has 0 saturated carbocycles. The SMILES string of the molecule is Cc1cccc2c1oc1c(N(c3ccccc3-c3ccccc3)c3cc4c(c5ccccc35)-c3cc5c(cc3C4(C)C)-c3cc4c(cc3C5(C)C)-c3c(cc(N(c5ccccc5-c5ccccc5)c5cccc6c5oc5c(C)cccc56)c5ccccc35)C4(C)C)cccc12. The number of fused-ring (bicyclic) bond motifs is 19. The molecule has 0 atom stereocenters. The fourth-order valence-electron chi connectivity index (χ4n) is 17.3. The Hall–Kier alpha value is -11.2. The van der Waals surface area contributed by atoms with Gasteiger partial charge in [-0.2, -0.15) is 0 Å². The van der Waals surface area contributed by atoms with Crippen molar-refractivity contribution < 1.29 is 8.83 Å². The number of hydrogen-bond acceptors (Lipinski definition) is 4. The molecule has 2 heterocycles. The molecule has 14 aromatic carbocycles. The summed E-state index contributed by atoms with van der Waals surface area (Å²) in [5.74, 6) is 0. The quantitative estimate of drug-likeness (QED) is 0.152. The molecule has 0 bridgehead atoms. The summed E-state index contributed by atoms with van der Waals surface area (Å²) in [4.78, 5) is 5.00. The molecule has 0 aliphatic heterocycles. The summed E-state index contributed by atoms with van der Waals surface area (Å²) in [5.41, 5.74) is 31.8. The molecule has 454 valence electrons. The van der Waals surface area contributed by atoms with E-state index in [1.807, 2.05) is 0 Å². The van der Waals surface area contributed by atoms with E-state index < -0.39 is 0 Å². The van der Waals surface area contributed by atoms with Gasteiger partial charge in [0.1, 0.15) is 11.2 Å². The van der Waals surface area contributed by atoms with Gasteiger partial charge in [0.2, 0.25) is 0 Å². The second kappa shape index (κ2) is 19.9. The van der Waals surface area contributed by atoms with Crippen LogP contribution in [0.1, 0.15) is 86.1 Å². The molecule has 0 unspecified atom stereocenters. The number of rotatable bonds is 8. The molecule has 2 aromatic heterocycles. The first-order valence-electron chi connectivity index (χ1n) is 33.5. The van der Waals surface area contributed by atoms with E-state index in [9.17, 15) is 0 Å². The van der Waals surface area contributed by atoms with Crippen LogP contribution in [0.2, 0.25) is 0 Å². The Bertz CT molecular complexity index is 5610. The largest absolute Gasteiger partial charge is 0.454 e. The number of nitrogens with zero attached hydrogens (tertiary/aromatic N) is 2. The van der Waals surface area contributed by atoms with E-state index in [1.54, 1.807) is 0 Å². The van der Waals surface area contributed by atoms with Crippen molar-refractivity contribution in [2.45, 2.75) is 71.6 Å². The minimum absolute atomic E-state index is 0.316. The maximum Gasteiger partial charge on any atom is 0.159 e. The van der Waals surface area contributed by atoms with Crippen LogP contribution in [0, 0.1) is 13.8 Å². The number of para-hydroxylation sites is 6. The van der Waals surface area contributed by atoms with Crippen LogP contribution in [-0.4, -0.2) is 0 Å². The molecule has 3 aliphatic carbocycles. The van der Waals surface area contributed by atoms with Gasteiger partial charge < -0.3 is 18.6 Å². The molecule has 4 heteroatoms. The maximum atomic E-state index is 7.09. The summed E-state index contributed by atoms with van der Waals surface area (Å²) in [5, 5.41) is 9.30. The van der Waals surface area contributed by atoms with Crippen molar-refractivity contribution in [3.05, 3.63) is 311 Å². The molecule has 0 N–H and O–H groups in total. The van der Waals surface area contributed by atoms with Gasteiger partial charge in [-0.15, -0.1) is 0 Å². The molecule has 0 spiro atoms. The van der Waals surface area contributed by atoms with Crippen LogP contribution in [0.15, 0.2) is 276 Å². The van der Waals surface area contributed by atoms with Crippen LogP contribution >= 0.6 is 0 Å². The molecular formula is C91H68N2O2. The standard InChI is InChI=1S/C91H68N2O2/c1-53-27-23-39-63-65-41-25-45-79(87(65)94-85(53)63)92(77-43-21-19-33-57(77)55-29-11-9-12-30-55)81-51-75-83(61-37-17-15-35-59(61)81)69-49-71-67(47-73(69)90(75,5)6)68-48-74-70(50-72(68)89(71,3)4)84-62-38-18-16-36-60(62)82(52-76(84)91(74,7)8)93(78-44-22-20-34-58(78)56-31-13-10-14-32-56)80-46-26-42-66-64-40-24-28-54(2)86(64)95-88(66)80/h9-52H,1-8H3. The minimum atomic E-state index is -0.378. The Kier molecular flexibility index (Phi) is 11.6. The van der Waals surface area contributed by atoms with E-state index >= 15 is 0 Å². The summed E-state index contributed by atoms with van der Waals surface area (Å²) in [7, 11) is 0. The highest BCUT2D eigenvalue weighted by atomic mass is 16.3. The van der Waals surface area contributed by atoms with E-state index in [1.165, 1.54) is 88.3 Å². The van der Waals surface area contributed by atoms with Crippen molar-refractivity contribution in [1.82, 2.24) is 0 Å². The number of aryl methyl sites for hydroxylation is 2. The zero-order valence-corrected chi connectivity index (χ0v) is 54.6. The highest BCUT2D eigenvalue weighted by molar-refractivity contribution is 6.18. The lowest BCUT2D eigenvalue weighted by molar-refractivity contribution is 0.649. The van der Waals surface area contributed by atoms with Crippen LogP contribution in [0.3, 0.4) is 0 Å². The molecular weight excluding hydrogens is 1150 g/mol. The number of hydrogen-bond donors (Lipinski definition) is 0. The summed E-state index contributed by atoms with van der Waals surface area (Å²) < 4.78 is 14.2. The third-order valence-corrected chi connectivity index (χ3v) is 22.1. The highest BCUT2D eigenvalue weighted by Crippen LogP contribution is 2.63. The summed E-state index contributed by atoms with van der Waals surface area (Å²) in [6.07, 6.45) is 0. The van der Waals surface area contributed by atoms with Gasteiger partial charge in [0, 0.05) is 59.7 Å².